The van der Waals surface area contributed by atoms with Gasteiger partial charge in [-0.25, -0.2) is 4.98 Å². The van der Waals surface area contributed by atoms with Crippen molar-refractivity contribution in [1.29, 1.82) is 0 Å². The standard InChI is InChI=1S/C21H27N5O2/c1-15-25-18-7-5-6-8-19(18)26(15)12-11-23-21(22-2)24-14-16-9-10-17(27-3)13-20(16)28-4/h5-10,13H,11-12,14H2,1-4H3,(H2,22,23,24). The van der Waals surface area contributed by atoms with Gasteiger partial charge in [-0.15, -0.1) is 0 Å². The van der Waals surface area contributed by atoms with Crippen LogP contribution < -0.4 is 20.1 Å². The zero-order valence-electron chi connectivity index (χ0n) is 16.8. The number of benzene rings is 2. The average Bonchev–Trinajstić information content (AvgIpc) is 3.05. The summed E-state index contributed by atoms with van der Waals surface area (Å²) in [4.78, 5) is 8.91. The van der Waals surface area contributed by atoms with Crippen LogP contribution in [0.4, 0.5) is 0 Å². The zero-order valence-corrected chi connectivity index (χ0v) is 16.8. The molecule has 0 saturated carbocycles. The minimum absolute atomic E-state index is 0.597. The Kier molecular flexibility index (Phi) is 6.37. The van der Waals surface area contributed by atoms with Crippen molar-refractivity contribution in [2.24, 2.45) is 4.99 Å². The molecule has 0 bridgehead atoms. The lowest BCUT2D eigenvalue weighted by Gasteiger charge is -2.15. The number of guanidine groups is 1. The lowest BCUT2D eigenvalue weighted by Crippen LogP contribution is -2.38. The topological polar surface area (TPSA) is 72.7 Å². The molecule has 0 amide bonds. The van der Waals surface area contributed by atoms with E-state index in [0.717, 1.165) is 53.0 Å². The van der Waals surface area contributed by atoms with Crippen molar-refractivity contribution in [3.05, 3.63) is 53.9 Å². The van der Waals surface area contributed by atoms with E-state index in [4.69, 9.17) is 9.47 Å². The van der Waals surface area contributed by atoms with Gasteiger partial charge in [-0.2, -0.15) is 0 Å². The molecule has 0 fully saturated rings. The number of aliphatic imine (C=N–C) groups is 1. The highest BCUT2D eigenvalue weighted by atomic mass is 16.5. The number of hydrogen-bond donors (Lipinski definition) is 2. The number of nitrogens with one attached hydrogen (secondary N) is 2. The summed E-state index contributed by atoms with van der Waals surface area (Å²) in [6, 6.07) is 14.0. The van der Waals surface area contributed by atoms with Crippen LogP contribution in [0.5, 0.6) is 11.5 Å². The molecule has 28 heavy (non-hydrogen) atoms. The fraction of sp³-hybridized carbons (Fsp3) is 0.333. The highest BCUT2D eigenvalue weighted by Gasteiger charge is 2.08. The maximum absolute atomic E-state index is 5.45. The molecule has 3 aromatic rings. The summed E-state index contributed by atoms with van der Waals surface area (Å²) in [5, 5.41) is 6.68. The van der Waals surface area contributed by atoms with Crippen LogP contribution in [0.3, 0.4) is 0 Å². The van der Waals surface area contributed by atoms with E-state index in [9.17, 15) is 0 Å². The van der Waals surface area contributed by atoms with E-state index in [1.165, 1.54) is 0 Å². The van der Waals surface area contributed by atoms with Gasteiger partial charge in [-0.1, -0.05) is 12.1 Å². The number of ether oxygens (including phenoxy) is 2. The quantitative estimate of drug-likeness (QED) is 0.486. The Morgan fingerprint density at radius 1 is 1.11 bits per heavy atom. The predicted molar refractivity (Wildman–Crippen MR) is 112 cm³/mol. The van der Waals surface area contributed by atoms with Crippen molar-refractivity contribution in [2.75, 3.05) is 27.8 Å². The van der Waals surface area contributed by atoms with E-state index < -0.39 is 0 Å². The number of nitrogens with zero attached hydrogens (tertiary/aromatic N) is 3. The van der Waals surface area contributed by atoms with Gasteiger partial charge < -0.3 is 24.7 Å². The number of imidazole rings is 1. The van der Waals surface area contributed by atoms with Crippen LogP contribution in [0.25, 0.3) is 11.0 Å². The smallest absolute Gasteiger partial charge is 0.191 e. The minimum atomic E-state index is 0.597. The summed E-state index contributed by atoms with van der Waals surface area (Å²) >= 11 is 0. The molecule has 0 aliphatic heterocycles. The molecular formula is C21H27N5O2. The van der Waals surface area contributed by atoms with Crippen LogP contribution in [0, 0.1) is 6.92 Å². The Morgan fingerprint density at radius 2 is 1.93 bits per heavy atom. The van der Waals surface area contributed by atoms with Crippen molar-refractivity contribution in [3.8, 4) is 11.5 Å². The molecule has 7 heteroatoms. The molecular weight excluding hydrogens is 354 g/mol. The van der Waals surface area contributed by atoms with Crippen molar-refractivity contribution in [2.45, 2.75) is 20.0 Å². The predicted octanol–water partition coefficient (Wildman–Crippen LogP) is 2.73. The monoisotopic (exact) mass is 381 g/mol. The molecule has 0 aliphatic carbocycles. The van der Waals surface area contributed by atoms with Gasteiger partial charge in [0.05, 0.1) is 25.3 Å². The minimum Gasteiger partial charge on any atom is -0.497 e. The molecule has 7 nitrogen and oxygen atoms in total. The molecule has 0 radical (unpaired) electrons. The highest BCUT2D eigenvalue weighted by Crippen LogP contribution is 2.24. The number of fused-ring (bicyclic) bond motifs is 1. The van der Waals surface area contributed by atoms with Crippen molar-refractivity contribution >= 4 is 17.0 Å². The number of rotatable bonds is 7. The Morgan fingerprint density at radius 3 is 2.68 bits per heavy atom. The zero-order chi connectivity index (χ0) is 19.9. The normalized spacial score (nSPS) is 11.5. The maximum atomic E-state index is 5.45. The van der Waals surface area contributed by atoms with Gasteiger partial charge >= 0.3 is 0 Å². The van der Waals surface area contributed by atoms with E-state index in [2.05, 4.69) is 31.2 Å². The molecule has 0 spiro atoms. The first-order valence-corrected chi connectivity index (χ1v) is 9.23. The molecule has 1 aromatic heterocycles. The third-order valence-electron chi connectivity index (χ3n) is 4.64. The first-order valence-electron chi connectivity index (χ1n) is 9.23. The van der Waals surface area contributed by atoms with Crippen LogP contribution in [0.1, 0.15) is 11.4 Å². The van der Waals surface area contributed by atoms with E-state index in [1.54, 1.807) is 21.3 Å². The van der Waals surface area contributed by atoms with Crippen molar-refractivity contribution < 1.29 is 9.47 Å². The maximum Gasteiger partial charge on any atom is 0.191 e. The number of aromatic nitrogens is 2. The summed E-state index contributed by atoms with van der Waals surface area (Å²) in [5.74, 6) is 3.29. The van der Waals surface area contributed by atoms with Gasteiger partial charge in [0.15, 0.2) is 5.96 Å². The summed E-state index contributed by atoms with van der Waals surface area (Å²) in [6.45, 7) is 4.17. The third kappa shape index (κ3) is 4.36. The fourth-order valence-corrected chi connectivity index (χ4v) is 3.16. The lowest BCUT2D eigenvalue weighted by atomic mass is 10.2. The first kappa shape index (κ1) is 19.5. The second-order valence-electron chi connectivity index (χ2n) is 6.33. The van der Waals surface area contributed by atoms with Crippen LogP contribution in [0.15, 0.2) is 47.5 Å². The molecule has 0 atom stereocenters. The van der Waals surface area contributed by atoms with Crippen LogP contribution in [-0.2, 0) is 13.1 Å². The molecule has 0 unspecified atom stereocenters. The summed E-state index contributed by atoms with van der Waals surface area (Å²) in [6.07, 6.45) is 0. The number of para-hydroxylation sites is 2. The SMILES string of the molecule is CN=C(NCCn1c(C)nc2ccccc21)NCc1ccc(OC)cc1OC. The molecule has 2 N–H and O–H groups in total. The Labute approximate surface area is 165 Å². The van der Waals surface area contributed by atoms with Gasteiger partial charge in [0.2, 0.25) is 0 Å². The Balaban J connectivity index is 1.57. The van der Waals surface area contributed by atoms with Gasteiger partial charge in [0, 0.05) is 38.3 Å². The highest BCUT2D eigenvalue weighted by molar-refractivity contribution is 5.79. The van der Waals surface area contributed by atoms with Gasteiger partial charge in [-0.05, 0) is 31.2 Å². The summed E-state index contributed by atoms with van der Waals surface area (Å²) in [7, 11) is 5.06. The number of hydrogen-bond acceptors (Lipinski definition) is 4. The molecule has 148 valence electrons. The summed E-state index contributed by atoms with van der Waals surface area (Å²) in [5.41, 5.74) is 3.20. The first-order chi connectivity index (χ1) is 13.7. The van der Waals surface area contributed by atoms with E-state index in [-0.39, 0.29) is 0 Å². The van der Waals surface area contributed by atoms with Gasteiger partial charge in [0.25, 0.3) is 0 Å². The van der Waals surface area contributed by atoms with Gasteiger partial charge in [-0.3, -0.25) is 4.99 Å². The van der Waals surface area contributed by atoms with E-state index in [0.29, 0.717) is 6.54 Å². The summed E-state index contributed by atoms with van der Waals surface area (Å²) < 4.78 is 12.9. The molecule has 1 heterocycles. The second-order valence-corrected chi connectivity index (χ2v) is 6.33. The average molecular weight is 381 g/mol. The van der Waals surface area contributed by atoms with Crippen LogP contribution >= 0.6 is 0 Å². The molecule has 0 saturated heterocycles. The molecule has 3 rings (SSSR count). The molecule has 2 aromatic carbocycles. The second kappa shape index (κ2) is 9.12. The Hall–Kier alpha value is -3.22. The van der Waals surface area contributed by atoms with Crippen molar-refractivity contribution in [1.82, 2.24) is 20.2 Å². The number of aryl methyl sites for hydroxylation is 1. The van der Waals surface area contributed by atoms with Crippen molar-refractivity contribution in [3.63, 3.8) is 0 Å². The lowest BCUT2D eigenvalue weighted by molar-refractivity contribution is 0.390. The van der Waals surface area contributed by atoms with Crippen LogP contribution in [0.2, 0.25) is 0 Å². The molecule has 0 aliphatic rings. The fourth-order valence-electron chi connectivity index (χ4n) is 3.16. The van der Waals surface area contributed by atoms with Gasteiger partial charge in [0.1, 0.15) is 17.3 Å². The van der Waals surface area contributed by atoms with Crippen LogP contribution in [-0.4, -0.2) is 43.3 Å². The number of methoxy groups -OCH3 is 2. The van der Waals surface area contributed by atoms with E-state index >= 15 is 0 Å². The largest absolute Gasteiger partial charge is 0.497 e. The third-order valence-corrected chi connectivity index (χ3v) is 4.64. The Bertz CT molecular complexity index is 965. The van der Waals surface area contributed by atoms with E-state index in [1.807, 2.05) is 43.3 Å².